The highest BCUT2D eigenvalue weighted by Crippen LogP contribution is 2.27. The molecule has 0 bridgehead atoms. The molecule has 1 rings (SSSR count). The minimum absolute atomic E-state index is 0.105. The van der Waals surface area contributed by atoms with Gasteiger partial charge in [-0.25, -0.2) is 0 Å². The van der Waals surface area contributed by atoms with Crippen LogP contribution < -0.4 is 4.90 Å². The van der Waals surface area contributed by atoms with Crippen molar-refractivity contribution in [3.05, 3.63) is 29.8 Å². The van der Waals surface area contributed by atoms with Crippen LogP contribution in [0.25, 0.3) is 0 Å². The number of anilines is 1. The maximum Gasteiger partial charge on any atom is 0.247 e. The van der Waals surface area contributed by atoms with E-state index in [-0.39, 0.29) is 5.91 Å². The van der Waals surface area contributed by atoms with Crippen LogP contribution in [0.5, 0.6) is 0 Å². The lowest BCUT2D eigenvalue weighted by Gasteiger charge is -2.28. The number of benzene rings is 1. The predicted molar refractivity (Wildman–Crippen MR) is 80.0 cm³/mol. The van der Waals surface area contributed by atoms with Crippen LogP contribution in [0.1, 0.15) is 25.8 Å². The number of carbonyl (C=O) groups excluding carboxylic acids is 1. The SMILES string of the molecule is CCc1ccccc1N(C)C(=O)C(C)(Cl)CCOC. The number of amides is 1. The molecule has 1 unspecified atom stereocenters. The molecular weight excluding hydrogens is 262 g/mol. The van der Waals surface area contributed by atoms with Crippen LogP contribution in [0.4, 0.5) is 5.69 Å². The lowest BCUT2D eigenvalue weighted by Crippen LogP contribution is -2.42. The molecule has 3 nitrogen and oxygen atoms in total. The summed E-state index contributed by atoms with van der Waals surface area (Å²) in [6.45, 7) is 4.28. The molecule has 0 fully saturated rings. The number of halogens is 1. The van der Waals surface area contributed by atoms with Crippen molar-refractivity contribution >= 4 is 23.2 Å². The van der Waals surface area contributed by atoms with Crippen molar-refractivity contribution in [1.29, 1.82) is 0 Å². The highest BCUT2D eigenvalue weighted by atomic mass is 35.5. The van der Waals surface area contributed by atoms with E-state index < -0.39 is 4.87 Å². The molecule has 0 aliphatic heterocycles. The largest absolute Gasteiger partial charge is 0.385 e. The molecule has 0 spiro atoms. The Morgan fingerprint density at radius 1 is 1.42 bits per heavy atom. The highest BCUT2D eigenvalue weighted by molar-refractivity contribution is 6.36. The summed E-state index contributed by atoms with van der Waals surface area (Å²) in [5, 5.41) is 0. The molecule has 0 aliphatic carbocycles. The number of para-hydroxylation sites is 1. The normalized spacial score (nSPS) is 13.9. The molecule has 19 heavy (non-hydrogen) atoms. The molecule has 1 atom stereocenters. The molecule has 4 heteroatoms. The summed E-state index contributed by atoms with van der Waals surface area (Å²) in [5.41, 5.74) is 2.05. The number of rotatable bonds is 6. The molecule has 1 aromatic rings. The monoisotopic (exact) mass is 283 g/mol. The number of alkyl halides is 1. The number of carbonyl (C=O) groups is 1. The van der Waals surface area contributed by atoms with Gasteiger partial charge in [-0.1, -0.05) is 25.1 Å². The van der Waals surface area contributed by atoms with Crippen LogP contribution in [0.15, 0.2) is 24.3 Å². The fourth-order valence-electron chi connectivity index (χ4n) is 2.00. The van der Waals surface area contributed by atoms with Crippen LogP contribution >= 0.6 is 11.6 Å². The fraction of sp³-hybridized carbons (Fsp3) is 0.533. The van der Waals surface area contributed by atoms with Crippen molar-refractivity contribution in [3.63, 3.8) is 0 Å². The number of hydrogen-bond acceptors (Lipinski definition) is 2. The molecule has 0 saturated heterocycles. The average Bonchev–Trinajstić information content (AvgIpc) is 2.43. The average molecular weight is 284 g/mol. The Bertz CT molecular complexity index is 432. The van der Waals surface area contributed by atoms with E-state index >= 15 is 0 Å². The van der Waals surface area contributed by atoms with E-state index in [1.165, 1.54) is 0 Å². The Balaban J connectivity index is 2.92. The summed E-state index contributed by atoms with van der Waals surface area (Å²) in [6, 6.07) is 7.88. The van der Waals surface area contributed by atoms with E-state index in [0.717, 1.165) is 17.7 Å². The third-order valence-corrected chi connectivity index (χ3v) is 3.61. The van der Waals surface area contributed by atoms with Gasteiger partial charge in [0.05, 0.1) is 0 Å². The summed E-state index contributed by atoms with van der Waals surface area (Å²) < 4.78 is 5.00. The molecule has 0 radical (unpaired) electrons. The zero-order valence-electron chi connectivity index (χ0n) is 12.1. The van der Waals surface area contributed by atoms with Gasteiger partial charge in [0.15, 0.2) is 0 Å². The number of hydrogen-bond donors (Lipinski definition) is 0. The third kappa shape index (κ3) is 3.95. The van der Waals surface area contributed by atoms with Crippen LogP contribution in [0.3, 0.4) is 0 Å². The van der Waals surface area contributed by atoms with Gasteiger partial charge in [0.1, 0.15) is 4.87 Å². The Morgan fingerprint density at radius 3 is 2.63 bits per heavy atom. The molecule has 0 saturated carbocycles. The molecule has 1 aromatic carbocycles. The first kappa shape index (κ1) is 16.0. The van der Waals surface area contributed by atoms with Crippen molar-refractivity contribution in [1.82, 2.24) is 0 Å². The van der Waals surface area contributed by atoms with Crippen LogP contribution in [0, 0.1) is 0 Å². The lowest BCUT2D eigenvalue weighted by atomic mass is 10.0. The summed E-state index contributed by atoms with van der Waals surface area (Å²) in [7, 11) is 3.37. The van der Waals surface area contributed by atoms with Gasteiger partial charge in [-0.05, 0) is 31.4 Å². The van der Waals surface area contributed by atoms with E-state index in [1.54, 1.807) is 26.0 Å². The van der Waals surface area contributed by atoms with E-state index in [9.17, 15) is 4.79 Å². The van der Waals surface area contributed by atoms with Gasteiger partial charge in [0.25, 0.3) is 0 Å². The first-order valence-corrected chi connectivity index (χ1v) is 6.85. The Morgan fingerprint density at radius 2 is 2.05 bits per heavy atom. The Kier molecular flexibility index (Phi) is 5.83. The maximum absolute atomic E-state index is 12.5. The van der Waals surface area contributed by atoms with Gasteiger partial charge in [-0.15, -0.1) is 11.6 Å². The zero-order valence-corrected chi connectivity index (χ0v) is 12.8. The van der Waals surface area contributed by atoms with Crippen LogP contribution in [-0.4, -0.2) is 31.5 Å². The summed E-state index contributed by atoms with van der Waals surface area (Å²) in [6.07, 6.45) is 1.37. The van der Waals surface area contributed by atoms with Gasteiger partial charge >= 0.3 is 0 Å². The first-order chi connectivity index (χ1) is 8.94. The minimum Gasteiger partial charge on any atom is -0.385 e. The Labute approximate surface area is 120 Å². The maximum atomic E-state index is 12.5. The second kappa shape index (κ2) is 6.92. The fourth-order valence-corrected chi connectivity index (χ4v) is 2.20. The highest BCUT2D eigenvalue weighted by Gasteiger charge is 2.33. The third-order valence-electron chi connectivity index (χ3n) is 3.26. The topological polar surface area (TPSA) is 29.5 Å². The van der Waals surface area contributed by atoms with E-state index in [4.69, 9.17) is 16.3 Å². The van der Waals surface area contributed by atoms with Crippen LogP contribution in [-0.2, 0) is 16.0 Å². The quantitative estimate of drug-likeness (QED) is 0.750. The smallest absolute Gasteiger partial charge is 0.247 e. The standard InChI is InChI=1S/C15H22ClNO2/c1-5-12-8-6-7-9-13(12)17(3)14(18)15(2,16)10-11-19-4/h6-9H,5,10-11H2,1-4H3. The summed E-state index contributed by atoms with van der Waals surface area (Å²) in [5.74, 6) is -0.105. The van der Waals surface area contributed by atoms with Crippen molar-refractivity contribution in [3.8, 4) is 0 Å². The van der Waals surface area contributed by atoms with Gasteiger partial charge in [-0.3, -0.25) is 4.79 Å². The second-order valence-corrected chi connectivity index (χ2v) is 5.62. The second-order valence-electron chi connectivity index (χ2n) is 4.79. The number of ether oxygens (including phenoxy) is 1. The van der Waals surface area contributed by atoms with E-state index in [1.807, 2.05) is 24.3 Å². The van der Waals surface area contributed by atoms with Crippen molar-refractivity contribution in [2.24, 2.45) is 0 Å². The summed E-state index contributed by atoms with van der Waals surface area (Å²) >= 11 is 6.33. The zero-order chi connectivity index (χ0) is 14.5. The Hall–Kier alpha value is -1.06. The predicted octanol–water partition coefficient (Wildman–Crippen LogP) is 3.25. The molecule has 0 aromatic heterocycles. The lowest BCUT2D eigenvalue weighted by molar-refractivity contribution is -0.120. The van der Waals surface area contributed by atoms with Crippen LogP contribution in [0.2, 0.25) is 0 Å². The van der Waals surface area contributed by atoms with Gasteiger partial charge in [0, 0.05) is 26.5 Å². The van der Waals surface area contributed by atoms with Crippen molar-refractivity contribution in [2.45, 2.75) is 31.6 Å². The van der Waals surface area contributed by atoms with Gasteiger partial charge in [0.2, 0.25) is 5.91 Å². The number of nitrogens with zero attached hydrogens (tertiary/aromatic N) is 1. The number of methoxy groups -OCH3 is 1. The molecule has 0 heterocycles. The molecule has 0 aliphatic rings. The van der Waals surface area contributed by atoms with Crippen molar-refractivity contribution in [2.75, 3.05) is 25.7 Å². The summed E-state index contributed by atoms with van der Waals surface area (Å²) in [4.78, 5) is 13.2. The minimum atomic E-state index is -0.939. The molecule has 1 amide bonds. The van der Waals surface area contributed by atoms with Crippen molar-refractivity contribution < 1.29 is 9.53 Å². The molecule has 106 valence electrons. The van der Waals surface area contributed by atoms with Gasteiger partial charge in [-0.2, -0.15) is 0 Å². The first-order valence-electron chi connectivity index (χ1n) is 6.48. The van der Waals surface area contributed by atoms with E-state index in [0.29, 0.717) is 13.0 Å². The molecule has 0 N–H and O–H groups in total. The molecular formula is C15H22ClNO2. The van der Waals surface area contributed by atoms with E-state index in [2.05, 4.69) is 6.92 Å². The van der Waals surface area contributed by atoms with Gasteiger partial charge < -0.3 is 9.64 Å². The number of aryl methyl sites for hydroxylation is 1.